The summed E-state index contributed by atoms with van der Waals surface area (Å²) in [6.07, 6.45) is 4.86. The molecule has 3 heterocycles. The van der Waals surface area contributed by atoms with Gasteiger partial charge >= 0.3 is 0 Å². The van der Waals surface area contributed by atoms with E-state index in [0.29, 0.717) is 25.3 Å². The van der Waals surface area contributed by atoms with Gasteiger partial charge < -0.3 is 14.1 Å². The van der Waals surface area contributed by atoms with Crippen LogP contribution in [0.25, 0.3) is 0 Å². The van der Waals surface area contributed by atoms with Crippen LogP contribution < -0.4 is 0 Å². The highest BCUT2D eigenvalue weighted by molar-refractivity contribution is 5.94. The van der Waals surface area contributed by atoms with Crippen LogP contribution in [0.2, 0.25) is 0 Å². The number of furan rings is 1. The molecular formula is C15H19N3O3. The van der Waals surface area contributed by atoms with Crippen LogP contribution in [0.15, 0.2) is 29.2 Å². The van der Waals surface area contributed by atoms with Gasteiger partial charge in [-0.3, -0.25) is 9.48 Å². The highest BCUT2D eigenvalue weighted by atomic mass is 16.5. The number of aromatic nitrogens is 2. The Bertz CT molecular complexity index is 618. The van der Waals surface area contributed by atoms with Crippen LogP contribution in [-0.4, -0.2) is 40.8 Å². The van der Waals surface area contributed by atoms with Crippen molar-refractivity contribution in [3.8, 4) is 0 Å². The number of hydrogen-bond donors (Lipinski definition) is 0. The molecule has 0 unspecified atom stereocenters. The molecule has 6 nitrogen and oxygen atoms in total. The first-order chi connectivity index (χ1) is 10.2. The van der Waals surface area contributed by atoms with Crippen LogP contribution in [0.5, 0.6) is 0 Å². The number of aryl methyl sites for hydroxylation is 1. The number of rotatable bonds is 4. The number of ether oxygens (including phenoxy) is 1. The topological polar surface area (TPSA) is 60.5 Å². The molecule has 0 spiro atoms. The highest BCUT2D eigenvalue weighted by Gasteiger charge is 2.32. The third-order valence-electron chi connectivity index (χ3n) is 3.87. The summed E-state index contributed by atoms with van der Waals surface area (Å²) in [5.74, 6) is 0.136. The Morgan fingerprint density at radius 2 is 2.43 bits per heavy atom. The lowest BCUT2D eigenvalue weighted by atomic mass is 9.96. The molecular weight excluding hydrogens is 270 g/mol. The Morgan fingerprint density at radius 3 is 3.10 bits per heavy atom. The first-order valence-electron chi connectivity index (χ1n) is 7.09. The van der Waals surface area contributed by atoms with Crippen molar-refractivity contribution in [2.45, 2.75) is 25.9 Å². The Morgan fingerprint density at radius 1 is 1.57 bits per heavy atom. The molecule has 3 rings (SSSR count). The Kier molecular flexibility index (Phi) is 3.79. The van der Waals surface area contributed by atoms with E-state index in [9.17, 15) is 4.79 Å². The van der Waals surface area contributed by atoms with Gasteiger partial charge in [0.15, 0.2) is 0 Å². The quantitative estimate of drug-likeness (QED) is 0.862. The average Bonchev–Trinajstić information content (AvgIpc) is 3.16. The molecule has 6 heteroatoms. The zero-order chi connectivity index (χ0) is 14.8. The second-order valence-corrected chi connectivity index (χ2v) is 5.22. The fourth-order valence-corrected chi connectivity index (χ4v) is 2.96. The molecule has 1 aliphatic heterocycles. The predicted molar refractivity (Wildman–Crippen MR) is 76.0 cm³/mol. The van der Waals surface area contributed by atoms with Crippen molar-refractivity contribution in [3.63, 3.8) is 0 Å². The van der Waals surface area contributed by atoms with Crippen molar-refractivity contribution < 1.29 is 13.9 Å². The lowest BCUT2D eigenvalue weighted by Crippen LogP contribution is -2.39. The molecule has 0 N–H and O–H groups in total. The average molecular weight is 289 g/mol. The summed E-state index contributed by atoms with van der Waals surface area (Å²) in [4.78, 5) is 14.3. The SMILES string of the molecule is CCn1ncc2c1[C@H](COC)CN(C(=O)c1ccoc1)C2. The largest absolute Gasteiger partial charge is 0.472 e. The number of carbonyl (C=O) groups is 1. The lowest BCUT2D eigenvalue weighted by Gasteiger charge is -2.33. The standard InChI is InChI=1S/C15H19N3O3/c1-3-18-14-12(6-16-18)7-17(8-13(14)9-20-2)15(19)11-4-5-21-10-11/h4-6,10,13H,3,7-9H2,1-2H3/t13-/m0/s1. The minimum absolute atomic E-state index is 0.0141. The van der Waals surface area contributed by atoms with Crippen molar-refractivity contribution in [2.24, 2.45) is 0 Å². The summed E-state index contributed by atoms with van der Waals surface area (Å²) in [5, 5.41) is 4.41. The third-order valence-corrected chi connectivity index (χ3v) is 3.87. The Balaban J connectivity index is 1.89. The molecule has 1 aliphatic rings. The number of methoxy groups -OCH3 is 1. The molecule has 0 bridgehead atoms. The molecule has 0 aliphatic carbocycles. The van der Waals surface area contributed by atoms with Gasteiger partial charge in [0.25, 0.3) is 5.91 Å². The van der Waals surface area contributed by atoms with Crippen molar-refractivity contribution in [1.29, 1.82) is 0 Å². The number of nitrogens with zero attached hydrogens (tertiary/aromatic N) is 3. The number of amides is 1. The molecule has 1 amide bonds. The van der Waals surface area contributed by atoms with E-state index < -0.39 is 0 Å². The summed E-state index contributed by atoms with van der Waals surface area (Å²) < 4.78 is 12.3. The van der Waals surface area contributed by atoms with Crippen molar-refractivity contribution in [1.82, 2.24) is 14.7 Å². The molecule has 0 radical (unpaired) electrons. The van der Waals surface area contributed by atoms with Gasteiger partial charge in [-0.05, 0) is 13.0 Å². The van der Waals surface area contributed by atoms with E-state index >= 15 is 0 Å². The van der Waals surface area contributed by atoms with E-state index in [-0.39, 0.29) is 11.8 Å². The molecule has 0 saturated carbocycles. The highest BCUT2D eigenvalue weighted by Crippen LogP contribution is 2.29. The van der Waals surface area contributed by atoms with Gasteiger partial charge in [-0.1, -0.05) is 0 Å². The van der Waals surface area contributed by atoms with Gasteiger partial charge in [0.2, 0.25) is 0 Å². The minimum Gasteiger partial charge on any atom is -0.472 e. The van der Waals surface area contributed by atoms with Gasteiger partial charge in [0, 0.05) is 38.2 Å². The van der Waals surface area contributed by atoms with Crippen LogP contribution in [0.4, 0.5) is 0 Å². The third kappa shape index (κ3) is 2.47. The smallest absolute Gasteiger partial charge is 0.257 e. The Labute approximate surface area is 123 Å². The second-order valence-electron chi connectivity index (χ2n) is 5.22. The maximum atomic E-state index is 12.5. The van der Waals surface area contributed by atoms with Gasteiger partial charge in [-0.15, -0.1) is 0 Å². The summed E-state index contributed by atoms with van der Waals surface area (Å²) in [7, 11) is 1.68. The van der Waals surface area contributed by atoms with E-state index in [1.165, 1.54) is 18.2 Å². The van der Waals surface area contributed by atoms with Crippen molar-refractivity contribution >= 4 is 5.91 Å². The van der Waals surface area contributed by atoms with E-state index in [1.807, 2.05) is 15.8 Å². The molecule has 0 saturated heterocycles. The first-order valence-corrected chi connectivity index (χ1v) is 7.09. The van der Waals surface area contributed by atoms with Crippen LogP contribution in [0.3, 0.4) is 0 Å². The maximum Gasteiger partial charge on any atom is 0.257 e. The zero-order valence-electron chi connectivity index (χ0n) is 12.3. The lowest BCUT2D eigenvalue weighted by molar-refractivity contribution is 0.0674. The summed E-state index contributed by atoms with van der Waals surface area (Å²) in [5.41, 5.74) is 2.87. The van der Waals surface area contributed by atoms with E-state index in [4.69, 9.17) is 9.15 Å². The van der Waals surface area contributed by atoms with Gasteiger partial charge in [0.1, 0.15) is 6.26 Å². The van der Waals surface area contributed by atoms with E-state index in [1.54, 1.807) is 13.2 Å². The van der Waals surface area contributed by atoms with Crippen molar-refractivity contribution in [3.05, 3.63) is 41.6 Å². The predicted octanol–water partition coefficient (Wildman–Crippen LogP) is 1.88. The van der Waals surface area contributed by atoms with Crippen molar-refractivity contribution in [2.75, 3.05) is 20.3 Å². The fraction of sp³-hybridized carbons (Fsp3) is 0.467. The molecule has 0 aromatic carbocycles. The monoisotopic (exact) mass is 289 g/mol. The Hall–Kier alpha value is -2.08. The van der Waals surface area contributed by atoms with Gasteiger partial charge in [-0.2, -0.15) is 5.10 Å². The fourth-order valence-electron chi connectivity index (χ4n) is 2.96. The van der Waals surface area contributed by atoms with E-state index in [0.717, 1.165) is 12.1 Å². The van der Waals surface area contributed by atoms with Crippen LogP contribution in [0.1, 0.15) is 34.5 Å². The summed E-state index contributed by atoms with van der Waals surface area (Å²) in [6.45, 7) is 4.69. The molecule has 0 fully saturated rings. The zero-order valence-corrected chi connectivity index (χ0v) is 12.3. The molecule has 2 aromatic heterocycles. The normalized spacial score (nSPS) is 17.8. The molecule has 1 atom stereocenters. The second kappa shape index (κ2) is 5.73. The van der Waals surface area contributed by atoms with Gasteiger partial charge in [-0.25, -0.2) is 0 Å². The maximum absolute atomic E-state index is 12.5. The first kappa shape index (κ1) is 13.9. The van der Waals surface area contributed by atoms with Crippen LogP contribution in [-0.2, 0) is 17.8 Å². The molecule has 21 heavy (non-hydrogen) atoms. The summed E-state index contributed by atoms with van der Waals surface area (Å²) >= 11 is 0. The molecule has 2 aromatic rings. The number of fused-ring (bicyclic) bond motifs is 1. The molecule has 112 valence electrons. The number of carbonyl (C=O) groups excluding carboxylic acids is 1. The minimum atomic E-state index is -0.0141. The van der Waals surface area contributed by atoms with Crippen LogP contribution in [0, 0.1) is 0 Å². The summed E-state index contributed by atoms with van der Waals surface area (Å²) in [6, 6.07) is 1.69. The van der Waals surface area contributed by atoms with Crippen LogP contribution >= 0.6 is 0 Å². The van der Waals surface area contributed by atoms with Gasteiger partial charge in [0.05, 0.1) is 30.3 Å². The number of hydrogen-bond acceptors (Lipinski definition) is 4. The van der Waals surface area contributed by atoms with E-state index in [2.05, 4.69) is 12.0 Å².